The summed E-state index contributed by atoms with van der Waals surface area (Å²) in [4.78, 5) is 57.0. The summed E-state index contributed by atoms with van der Waals surface area (Å²) in [5, 5.41) is 0. The van der Waals surface area contributed by atoms with Gasteiger partial charge in [-0.25, -0.2) is 0 Å². The second kappa shape index (κ2) is 9.29. The van der Waals surface area contributed by atoms with Crippen LogP contribution in [0.3, 0.4) is 0 Å². The van der Waals surface area contributed by atoms with Gasteiger partial charge in [-0.15, -0.1) is 0 Å². The van der Waals surface area contributed by atoms with E-state index in [0.29, 0.717) is 38.2 Å². The first kappa shape index (κ1) is 23.3. The minimum absolute atomic E-state index is 0.00548. The van der Waals surface area contributed by atoms with Crippen LogP contribution in [0.1, 0.15) is 44.6 Å². The summed E-state index contributed by atoms with van der Waals surface area (Å²) in [7, 11) is 0. The summed E-state index contributed by atoms with van der Waals surface area (Å²) in [5.74, 6) is -0.561. The van der Waals surface area contributed by atoms with Crippen LogP contribution in [0.15, 0.2) is 54.6 Å². The Morgan fingerprint density at radius 3 is 2.14 bits per heavy atom. The number of nitrogens with zero attached hydrogens (tertiary/aromatic N) is 3. The van der Waals surface area contributed by atoms with Crippen LogP contribution in [0, 0.1) is 0 Å². The van der Waals surface area contributed by atoms with Crippen LogP contribution >= 0.6 is 0 Å². The molecule has 4 amide bonds. The van der Waals surface area contributed by atoms with Gasteiger partial charge in [0.1, 0.15) is 0 Å². The Morgan fingerprint density at radius 2 is 1.49 bits per heavy atom. The first-order valence-electron chi connectivity index (χ1n) is 12.4. The Kier molecular flexibility index (Phi) is 6.17. The van der Waals surface area contributed by atoms with Crippen LogP contribution in [0.25, 0.3) is 11.1 Å². The van der Waals surface area contributed by atoms with Gasteiger partial charge in [-0.1, -0.05) is 54.6 Å². The van der Waals surface area contributed by atoms with Crippen molar-refractivity contribution in [1.29, 1.82) is 0 Å². The molecule has 2 aromatic carbocycles. The maximum atomic E-state index is 13.8. The third-order valence-electron chi connectivity index (χ3n) is 7.55. The number of benzene rings is 2. The highest BCUT2D eigenvalue weighted by Gasteiger charge is 2.57. The van der Waals surface area contributed by atoms with E-state index < -0.39 is 5.41 Å². The van der Waals surface area contributed by atoms with Crippen LogP contribution < -0.4 is 0 Å². The Hall–Kier alpha value is -3.48. The molecule has 35 heavy (non-hydrogen) atoms. The molecule has 2 heterocycles. The van der Waals surface area contributed by atoms with Gasteiger partial charge in [-0.2, -0.15) is 0 Å². The molecule has 7 heteroatoms. The van der Waals surface area contributed by atoms with Gasteiger partial charge in [-0.3, -0.25) is 24.1 Å². The molecule has 2 aliphatic heterocycles. The molecule has 182 valence electrons. The summed E-state index contributed by atoms with van der Waals surface area (Å²) >= 11 is 0. The highest BCUT2D eigenvalue weighted by Crippen LogP contribution is 2.45. The van der Waals surface area contributed by atoms with Crippen LogP contribution in [0.2, 0.25) is 0 Å². The number of carbonyl (C=O) groups excluding carboxylic acids is 4. The second-order valence-corrected chi connectivity index (χ2v) is 9.92. The largest absolute Gasteiger partial charge is 0.341 e. The second-order valence-electron chi connectivity index (χ2n) is 9.92. The van der Waals surface area contributed by atoms with Crippen molar-refractivity contribution < 1.29 is 19.2 Å². The molecule has 7 nitrogen and oxygen atoms in total. The van der Waals surface area contributed by atoms with Crippen LogP contribution in [-0.2, 0) is 24.6 Å². The minimum atomic E-state index is -1.18. The first-order valence-corrected chi connectivity index (χ1v) is 12.4. The zero-order chi connectivity index (χ0) is 24.6. The SMILES string of the molecule is CC(=O)N1CCCN(C(=O)C[C@]2(c3ccc(-c4ccccc4)cc3)CC(=O)N(C3CC3)C2=O)CC1. The third kappa shape index (κ3) is 4.47. The van der Waals surface area contributed by atoms with E-state index in [1.54, 1.807) is 16.7 Å². The van der Waals surface area contributed by atoms with Gasteiger partial charge in [-0.05, 0) is 36.0 Å². The maximum Gasteiger partial charge on any atom is 0.241 e. The molecule has 0 bridgehead atoms. The summed E-state index contributed by atoms with van der Waals surface area (Å²) in [6.07, 6.45) is 2.35. The van der Waals surface area contributed by atoms with Crippen molar-refractivity contribution in [3.05, 3.63) is 60.2 Å². The Bertz CT molecular complexity index is 1140. The lowest BCUT2D eigenvalue weighted by Crippen LogP contribution is -2.45. The maximum absolute atomic E-state index is 13.8. The molecule has 1 atom stereocenters. The highest BCUT2D eigenvalue weighted by atomic mass is 16.2. The fraction of sp³-hybridized carbons (Fsp3) is 0.429. The van der Waals surface area contributed by atoms with Gasteiger partial charge in [0.05, 0.1) is 5.41 Å². The van der Waals surface area contributed by atoms with Gasteiger partial charge >= 0.3 is 0 Å². The van der Waals surface area contributed by atoms with Crippen molar-refractivity contribution in [2.75, 3.05) is 26.2 Å². The standard InChI is InChI=1S/C28H31N3O4/c1-20(32)29-14-5-15-30(17-16-29)25(33)18-28(19-26(34)31(27(28)35)24-12-13-24)23-10-8-22(9-11-23)21-6-3-2-4-7-21/h2-4,6-11,24H,5,12-19H2,1H3/t28-/m1/s1. The smallest absolute Gasteiger partial charge is 0.241 e. The highest BCUT2D eigenvalue weighted by molar-refractivity contribution is 6.11. The van der Waals surface area contributed by atoms with Gasteiger partial charge in [0, 0.05) is 52.0 Å². The van der Waals surface area contributed by atoms with E-state index in [-0.39, 0.29) is 42.5 Å². The molecule has 0 aromatic heterocycles. The van der Waals surface area contributed by atoms with E-state index in [4.69, 9.17) is 0 Å². The van der Waals surface area contributed by atoms with E-state index >= 15 is 0 Å². The summed E-state index contributed by atoms with van der Waals surface area (Å²) in [6.45, 7) is 3.63. The molecule has 0 spiro atoms. The Balaban J connectivity index is 1.44. The predicted octanol–water partition coefficient (Wildman–Crippen LogP) is 2.98. The molecule has 2 aromatic rings. The number of imide groups is 1. The average Bonchev–Trinajstić information content (AvgIpc) is 3.68. The number of hydrogen-bond acceptors (Lipinski definition) is 4. The number of hydrogen-bond donors (Lipinski definition) is 0. The Morgan fingerprint density at radius 1 is 0.857 bits per heavy atom. The summed E-state index contributed by atoms with van der Waals surface area (Å²) in [6, 6.07) is 17.7. The molecule has 3 aliphatic rings. The van der Waals surface area contributed by atoms with Crippen molar-refractivity contribution in [1.82, 2.24) is 14.7 Å². The van der Waals surface area contributed by atoms with E-state index in [1.165, 1.54) is 4.90 Å². The minimum Gasteiger partial charge on any atom is -0.341 e. The van der Waals surface area contributed by atoms with Crippen molar-refractivity contribution in [2.45, 2.75) is 50.5 Å². The molecular weight excluding hydrogens is 442 g/mol. The fourth-order valence-corrected chi connectivity index (χ4v) is 5.39. The number of likely N-dealkylation sites (tertiary alicyclic amines) is 1. The van der Waals surface area contributed by atoms with Crippen LogP contribution in [0.5, 0.6) is 0 Å². The van der Waals surface area contributed by atoms with Gasteiger partial charge in [0.25, 0.3) is 0 Å². The zero-order valence-corrected chi connectivity index (χ0v) is 20.1. The van der Waals surface area contributed by atoms with Gasteiger partial charge in [0.15, 0.2) is 0 Å². The van der Waals surface area contributed by atoms with Crippen molar-refractivity contribution in [3.63, 3.8) is 0 Å². The van der Waals surface area contributed by atoms with Crippen molar-refractivity contribution in [3.8, 4) is 11.1 Å². The monoisotopic (exact) mass is 473 g/mol. The molecule has 1 saturated carbocycles. The lowest BCUT2D eigenvalue weighted by molar-refractivity contribution is -0.143. The third-order valence-corrected chi connectivity index (χ3v) is 7.55. The number of rotatable bonds is 5. The predicted molar refractivity (Wildman–Crippen MR) is 131 cm³/mol. The quantitative estimate of drug-likeness (QED) is 0.626. The molecule has 0 N–H and O–H groups in total. The van der Waals surface area contributed by atoms with E-state index in [2.05, 4.69) is 0 Å². The summed E-state index contributed by atoms with van der Waals surface area (Å²) < 4.78 is 0. The van der Waals surface area contributed by atoms with Crippen molar-refractivity contribution >= 4 is 23.6 Å². The molecule has 0 unspecified atom stereocenters. The first-order chi connectivity index (χ1) is 16.9. The Labute approximate surface area is 205 Å². The zero-order valence-electron chi connectivity index (χ0n) is 20.1. The van der Waals surface area contributed by atoms with Crippen LogP contribution in [0.4, 0.5) is 0 Å². The molecular formula is C28H31N3O4. The van der Waals surface area contributed by atoms with Gasteiger partial charge in [0.2, 0.25) is 23.6 Å². The normalized spacial score (nSPS) is 22.9. The van der Waals surface area contributed by atoms with E-state index in [0.717, 1.165) is 24.0 Å². The topological polar surface area (TPSA) is 78.0 Å². The molecule has 2 saturated heterocycles. The number of amides is 4. The molecule has 1 aliphatic carbocycles. The van der Waals surface area contributed by atoms with E-state index in [9.17, 15) is 19.2 Å². The number of carbonyl (C=O) groups is 4. The molecule has 5 rings (SSSR count). The average molecular weight is 474 g/mol. The van der Waals surface area contributed by atoms with Crippen molar-refractivity contribution in [2.24, 2.45) is 0 Å². The van der Waals surface area contributed by atoms with E-state index in [1.807, 2.05) is 54.6 Å². The van der Waals surface area contributed by atoms with Crippen LogP contribution in [-0.4, -0.2) is 70.5 Å². The fourth-order valence-electron chi connectivity index (χ4n) is 5.39. The summed E-state index contributed by atoms with van der Waals surface area (Å²) in [5.41, 5.74) is 1.62. The molecule has 3 fully saturated rings. The molecule has 0 radical (unpaired) electrons. The lowest BCUT2D eigenvalue weighted by Gasteiger charge is -2.30. The van der Waals surface area contributed by atoms with Gasteiger partial charge < -0.3 is 9.80 Å². The lowest BCUT2D eigenvalue weighted by atomic mass is 9.75.